The summed E-state index contributed by atoms with van der Waals surface area (Å²) in [5.74, 6) is 0.621. The molecule has 0 saturated carbocycles. The van der Waals surface area contributed by atoms with Crippen LogP contribution in [0.2, 0.25) is 0 Å². The molecular formula is C14H21N3O3. The number of nitrogens with two attached hydrogens (primary N) is 1. The zero-order chi connectivity index (χ0) is 15.0. The van der Waals surface area contributed by atoms with E-state index in [0.717, 1.165) is 12.0 Å². The van der Waals surface area contributed by atoms with Crippen LogP contribution in [-0.2, 0) is 11.2 Å². The molecule has 0 aromatic heterocycles. The molecule has 0 radical (unpaired) electrons. The summed E-state index contributed by atoms with van der Waals surface area (Å²) in [6.45, 7) is 2.65. The molecule has 20 heavy (non-hydrogen) atoms. The van der Waals surface area contributed by atoms with Gasteiger partial charge in [-0.3, -0.25) is 4.79 Å². The van der Waals surface area contributed by atoms with Gasteiger partial charge in [-0.1, -0.05) is 30.3 Å². The monoisotopic (exact) mass is 279 g/mol. The second-order valence-corrected chi connectivity index (χ2v) is 4.40. The molecule has 0 spiro atoms. The van der Waals surface area contributed by atoms with Crippen molar-refractivity contribution in [3.05, 3.63) is 29.8 Å². The molecule has 0 aliphatic rings. The normalized spacial score (nSPS) is 11.2. The van der Waals surface area contributed by atoms with Crippen molar-refractivity contribution in [3.63, 3.8) is 0 Å². The first-order chi connectivity index (χ1) is 9.62. The largest absolute Gasteiger partial charge is 0.496 e. The van der Waals surface area contributed by atoms with Gasteiger partial charge in [0.1, 0.15) is 5.75 Å². The van der Waals surface area contributed by atoms with Crippen molar-refractivity contribution >= 4 is 11.7 Å². The van der Waals surface area contributed by atoms with Crippen LogP contribution in [0.15, 0.2) is 29.4 Å². The number of hydrogen-bond donors (Lipinski definition) is 2. The number of hydrogen-bond acceptors (Lipinski definition) is 4. The molecule has 1 rings (SSSR count). The van der Waals surface area contributed by atoms with Crippen LogP contribution in [0.4, 0.5) is 0 Å². The number of amides is 1. The van der Waals surface area contributed by atoms with Gasteiger partial charge in [0, 0.05) is 12.1 Å². The summed E-state index contributed by atoms with van der Waals surface area (Å²) in [5, 5.41) is 11.5. The van der Waals surface area contributed by atoms with E-state index in [1.807, 2.05) is 31.2 Å². The van der Waals surface area contributed by atoms with Crippen molar-refractivity contribution in [1.29, 1.82) is 0 Å². The Morgan fingerprint density at radius 1 is 1.45 bits per heavy atom. The van der Waals surface area contributed by atoms with E-state index in [1.54, 1.807) is 12.0 Å². The summed E-state index contributed by atoms with van der Waals surface area (Å²) in [5.41, 5.74) is 6.29. The first-order valence-electron chi connectivity index (χ1n) is 6.48. The molecule has 0 bridgehead atoms. The molecule has 1 amide bonds. The Hall–Kier alpha value is -2.24. The quantitative estimate of drug-likeness (QED) is 0.340. The summed E-state index contributed by atoms with van der Waals surface area (Å²) >= 11 is 0. The van der Waals surface area contributed by atoms with Crippen LogP contribution >= 0.6 is 0 Å². The zero-order valence-corrected chi connectivity index (χ0v) is 11.9. The molecule has 3 N–H and O–H groups in total. The van der Waals surface area contributed by atoms with Gasteiger partial charge in [-0.2, -0.15) is 0 Å². The van der Waals surface area contributed by atoms with Gasteiger partial charge in [0.25, 0.3) is 0 Å². The standard InChI is InChI=1S/C14H21N3O3/c1-3-8-17(10-13(15)16-19)14(18)9-11-6-4-5-7-12(11)20-2/h4-7,19H,3,8-10H2,1-2H3,(H2,15,16). The number of carbonyl (C=O) groups excluding carboxylic acids is 1. The Morgan fingerprint density at radius 2 is 2.15 bits per heavy atom. The molecular weight excluding hydrogens is 258 g/mol. The van der Waals surface area contributed by atoms with Crippen molar-refractivity contribution in [1.82, 2.24) is 4.90 Å². The minimum atomic E-state index is -0.0806. The molecule has 0 fully saturated rings. The van der Waals surface area contributed by atoms with Crippen molar-refractivity contribution in [2.75, 3.05) is 20.2 Å². The molecule has 0 aliphatic heterocycles. The van der Waals surface area contributed by atoms with Crippen LogP contribution in [0.1, 0.15) is 18.9 Å². The van der Waals surface area contributed by atoms with E-state index >= 15 is 0 Å². The minimum Gasteiger partial charge on any atom is -0.496 e. The predicted molar refractivity (Wildman–Crippen MR) is 77.0 cm³/mol. The Morgan fingerprint density at radius 3 is 2.75 bits per heavy atom. The summed E-state index contributed by atoms with van der Waals surface area (Å²) in [4.78, 5) is 13.9. The summed E-state index contributed by atoms with van der Waals surface area (Å²) in [7, 11) is 1.57. The van der Waals surface area contributed by atoms with Crippen LogP contribution in [0.3, 0.4) is 0 Å². The summed E-state index contributed by atoms with van der Waals surface area (Å²) < 4.78 is 5.23. The SMILES string of the molecule is CCCN(CC(N)=NO)C(=O)Cc1ccccc1OC. The van der Waals surface area contributed by atoms with E-state index in [1.165, 1.54) is 0 Å². The lowest BCUT2D eigenvalue weighted by Crippen LogP contribution is -2.39. The maximum Gasteiger partial charge on any atom is 0.227 e. The lowest BCUT2D eigenvalue weighted by Gasteiger charge is -2.21. The van der Waals surface area contributed by atoms with E-state index in [-0.39, 0.29) is 24.7 Å². The highest BCUT2D eigenvalue weighted by Crippen LogP contribution is 2.18. The third-order valence-electron chi connectivity index (χ3n) is 2.86. The fraction of sp³-hybridized carbons (Fsp3) is 0.429. The highest BCUT2D eigenvalue weighted by Gasteiger charge is 2.16. The summed E-state index contributed by atoms with van der Waals surface area (Å²) in [6.07, 6.45) is 1.03. The number of rotatable bonds is 7. The number of amidine groups is 1. The third kappa shape index (κ3) is 4.46. The predicted octanol–water partition coefficient (Wildman–Crippen LogP) is 1.22. The van der Waals surface area contributed by atoms with Crippen molar-refractivity contribution in [2.24, 2.45) is 10.9 Å². The molecule has 0 heterocycles. The Balaban J connectivity index is 2.79. The van der Waals surface area contributed by atoms with E-state index in [0.29, 0.717) is 12.3 Å². The molecule has 110 valence electrons. The van der Waals surface area contributed by atoms with Gasteiger partial charge in [-0.15, -0.1) is 0 Å². The number of benzene rings is 1. The second-order valence-electron chi connectivity index (χ2n) is 4.40. The molecule has 1 aromatic rings. The number of oxime groups is 1. The van der Waals surface area contributed by atoms with E-state index in [9.17, 15) is 4.79 Å². The van der Waals surface area contributed by atoms with E-state index in [2.05, 4.69) is 5.16 Å². The van der Waals surface area contributed by atoms with E-state index in [4.69, 9.17) is 15.7 Å². The van der Waals surface area contributed by atoms with Crippen molar-refractivity contribution in [3.8, 4) is 5.75 Å². The highest BCUT2D eigenvalue weighted by atomic mass is 16.5. The average molecular weight is 279 g/mol. The van der Waals surface area contributed by atoms with Gasteiger partial charge in [0.2, 0.25) is 5.91 Å². The van der Waals surface area contributed by atoms with Gasteiger partial charge in [0.05, 0.1) is 20.1 Å². The van der Waals surface area contributed by atoms with Gasteiger partial charge in [0.15, 0.2) is 5.84 Å². The Bertz CT molecular complexity index is 474. The van der Waals surface area contributed by atoms with Crippen molar-refractivity contribution in [2.45, 2.75) is 19.8 Å². The molecule has 0 atom stereocenters. The highest BCUT2D eigenvalue weighted by molar-refractivity contribution is 5.87. The second kappa shape index (κ2) is 8.04. The minimum absolute atomic E-state index is 0.0202. The lowest BCUT2D eigenvalue weighted by molar-refractivity contribution is -0.129. The number of para-hydroxylation sites is 1. The zero-order valence-electron chi connectivity index (χ0n) is 11.9. The average Bonchev–Trinajstić information content (AvgIpc) is 2.47. The third-order valence-corrected chi connectivity index (χ3v) is 2.86. The number of methoxy groups -OCH3 is 1. The fourth-order valence-electron chi connectivity index (χ4n) is 1.91. The fourth-order valence-corrected chi connectivity index (χ4v) is 1.91. The van der Waals surface area contributed by atoms with Gasteiger partial charge in [-0.25, -0.2) is 0 Å². The van der Waals surface area contributed by atoms with Crippen LogP contribution < -0.4 is 10.5 Å². The van der Waals surface area contributed by atoms with Crippen molar-refractivity contribution < 1.29 is 14.7 Å². The van der Waals surface area contributed by atoms with Crippen LogP contribution in [-0.4, -0.2) is 42.0 Å². The topological polar surface area (TPSA) is 88.1 Å². The molecule has 0 unspecified atom stereocenters. The molecule has 6 nitrogen and oxygen atoms in total. The van der Waals surface area contributed by atoms with Gasteiger partial charge < -0.3 is 20.6 Å². The Kier molecular flexibility index (Phi) is 6.36. The van der Waals surface area contributed by atoms with Crippen LogP contribution in [0.25, 0.3) is 0 Å². The van der Waals surface area contributed by atoms with E-state index < -0.39 is 0 Å². The molecule has 1 aromatic carbocycles. The lowest BCUT2D eigenvalue weighted by atomic mass is 10.1. The number of carbonyl (C=O) groups is 1. The molecule has 0 saturated heterocycles. The maximum absolute atomic E-state index is 12.3. The smallest absolute Gasteiger partial charge is 0.227 e. The Labute approximate surface area is 118 Å². The molecule has 6 heteroatoms. The van der Waals surface area contributed by atoms with Gasteiger partial charge >= 0.3 is 0 Å². The first-order valence-corrected chi connectivity index (χ1v) is 6.48. The van der Waals surface area contributed by atoms with Crippen LogP contribution in [0, 0.1) is 0 Å². The molecule has 0 aliphatic carbocycles. The maximum atomic E-state index is 12.3. The summed E-state index contributed by atoms with van der Waals surface area (Å²) in [6, 6.07) is 7.38. The van der Waals surface area contributed by atoms with Gasteiger partial charge in [-0.05, 0) is 12.5 Å². The van der Waals surface area contributed by atoms with Crippen LogP contribution in [0.5, 0.6) is 5.75 Å². The number of nitrogens with zero attached hydrogens (tertiary/aromatic N) is 2. The number of ether oxygens (including phenoxy) is 1. The first kappa shape index (κ1) is 15.8.